The summed E-state index contributed by atoms with van der Waals surface area (Å²) in [6.45, 7) is 1.19. The summed E-state index contributed by atoms with van der Waals surface area (Å²) >= 11 is 0. The summed E-state index contributed by atoms with van der Waals surface area (Å²) in [5.41, 5.74) is 1.50. The molecule has 7 heteroatoms. The summed E-state index contributed by atoms with van der Waals surface area (Å²) in [5.74, 6) is -2.14. The average molecular weight is 344 g/mol. The van der Waals surface area contributed by atoms with Crippen LogP contribution in [0.5, 0.6) is 0 Å². The van der Waals surface area contributed by atoms with Gasteiger partial charge in [0, 0.05) is 24.0 Å². The Kier molecular flexibility index (Phi) is 4.76. The summed E-state index contributed by atoms with van der Waals surface area (Å²) in [5, 5.41) is 10.2. The van der Waals surface area contributed by atoms with E-state index in [1.165, 1.54) is 12.1 Å². The van der Waals surface area contributed by atoms with Gasteiger partial charge in [-0.05, 0) is 37.9 Å². The molecule has 0 saturated heterocycles. The van der Waals surface area contributed by atoms with Crippen LogP contribution in [-0.4, -0.2) is 48.2 Å². The topological polar surface area (TPSA) is 61.0 Å². The lowest BCUT2D eigenvalue weighted by Crippen LogP contribution is -2.31. The van der Waals surface area contributed by atoms with Crippen molar-refractivity contribution in [3.05, 3.63) is 53.7 Å². The fourth-order valence-electron chi connectivity index (χ4n) is 2.56. The molecule has 2 N–H and O–H groups in total. The second-order valence-corrected chi connectivity index (χ2v) is 5.99. The van der Waals surface area contributed by atoms with Gasteiger partial charge in [0.25, 0.3) is 5.91 Å². The van der Waals surface area contributed by atoms with Crippen molar-refractivity contribution in [2.75, 3.05) is 27.2 Å². The van der Waals surface area contributed by atoms with E-state index in [0.29, 0.717) is 29.6 Å². The predicted molar refractivity (Wildman–Crippen MR) is 92.3 cm³/mol. The van der Waals surface area contributed by atoms with Crippen molar-refractivity contribution < 1.29 is 13.6 Å². The van der Waals surface area contributed by atoms with E-state index in [9.17, 15) is 13.6 Å². The van der Waals surface area contributed by atoms with Gasteiger partial charge < -0.3 is 10.2 Å². The molecule has 0 radical (unpaired) electrons. The number of amides is 1. The molecule has 1 amide bonds. The highest BCUT2D eigenvalue weighted by Crippen LogP contribution is 2.28. The number of aromatic amines is 1. The van der Waals surface area contributed by atoms with Crippen LogP contribution in [0.15, 0.2) is 36.4 Å². The van der Waals surface area contributed by atoms with Gasteiger partial charge in [0.2, 0.25) is 0 Å². The molecule has 5 nitrogen and oxygen atoms in total. The smallest absolute Gasteiger partial charge is 0.272 e. The molecule has 0 bridgehead atoms. The molecular weight excluding hydrogens is 326 g/mol. The summed E-state index contributed by atoms with van der Waals surface area (Å²) in [4.78, 5) is 14.3. The van der Waals surface area contributed by atoms with Gasteiger partial charge in [-0.25, -0.2) is 8.78 Å². The molecule has 0 aliphatic carbocycles. The molecule has 1 heterocycles. The number of halogens is 2. The number of nitrogens with one attached hydrogen (secondary N) is 2. The van der Waals surface area contributed by atoms with Crippen molar-refractivity contribution in [2.24, 2.45) is 0 Å². The predicted octanol–water partition coefficient (Wildman–Crippen LogP) is 2.80. The summed E-state index contributed by atoms with van der Waals surface area (Å²) < 4.78 is 27.5. The van der Waals surface area contributed by atoms with E-state index >= 15 is 0 Å². The number of H-pyrrole nitrogens is 1. The van der Waals surface area contributed by atoms with Crippen LogP contribution >= 0.6 is 0 Å². The van der Waals surface area contributed by atoms with E-state index in [4.69, 9.17) is 0 Å². The Labute approximate surface area is 143 Å². The maximum Gasteiger partial charge on any atom is 0.272 e. The van der Waals surface area contributed by atoms with Gasteiger partial charge in [-0.2, -0.15) is 5.10 Å². The molecule has 0 fully saturated rings. The van der Waals surface area contributed by atoms with E-state index in [1.807, 2.05) is 19.0 Å². The third-order valence-corrected chi connectivity index (χ3v) is 3.89. The quantitative estimate of drug-likeness (QED) is 0.748. The van der Waals surface area contributed by atoms with Crippen LogP contribution in [0.4, 0.5) is 8.78 Å². The van der Waals surface area contributed by atoms with Gasteiger partial charge in [-0.1, -0.05) is 18.2 Å². The highest BCUT2D eigenvalue weighted by molar-refractivity contribution is 6.05. The molecule has 25 heavy (non-hydrogen) atoms. The Balaban J connectivity index is 1.94. The first-order valence-corrected chi connectivity index (χ1v) is 7.83. The van der Waals surface area contributed by atoms with Crippen LogP contribution in [0, 0.1) is 11.6 Å². The number of nitrogens with zero attached hydrogens (tertiary/aromatic N) is 2. The van der Waals surface area contributed by atoms with E-state index in [0.717, 1.165) is 6.07 Å². The fourth-order valence-corrected chi connectivity index (χ4v) is 2.56. The molecule has 0 atom stereocenters. The molecule has 1 aromatic heterocycles. The van der Waals surface area contributed by atoms with Crippen LogP contribution in [0.3, 0.4) is 0 Å². The lowest BCUT2D eigenvalue weighted by molar-refractivity contribution is 0.0947. The molecule has 0 aliphatic heterocycles. The lowest BCUT2D eigenvalue weighted by Gasteiger charge is -2.09. The maximum absolute atomic E-state index is 14.0. The molecule has 0 aliphatic rings. The van der Waals surface area contributed by atoms with Crippen LogP contribution < -0.4 is 5.32 Å². The highest BCUT2D eigenvalue weighted by Gasteiger charge is 2.16. The minimum atomic E-state index is -0.915. The van der Waals surface area contributed by atoms with Crippen LogP contribution in [-0.2, 0) is 0 Å². The van der Waals surface area contributed by atoms with Gasteiger partial charge in [0.05, 0.1) is 5.52 Å². The Bertz CT molecular complexity index is 921. The van der Waals surface area contributed by atoms with E-state index in [1.54, 1.807) is 18.2 Å². The lowest BCUT2D eigenvalue weighted by atomic mass is 10.0. The Morgan fingerprint density at radius 1 is 1.24 bits per heavy atom. The third-order valence-electron chi connectivity index (χ3n) is 3.89. The van der Waals surface area contributed by atoms with E-state index in [2.05, 4.69) is 15.5 Å². The van der Waals surface area contributed by atoms with Crippen molar-refractivity contribution in [1.29, 1.82) is 0 Å². The molecular formula is C18H18F2N4O. The van der Waals surface area contributed by atoms with Crippen LogP contribution in [0.1, 0.15) is 10.5 Å². The molecule has 3 rings (SSSR count). The second-order valence-electron chi connectivity index (χ2n) is 5.99. The van der Waals surface area contributed by atoms with Gasteiger partial charge >= 0.3 is 0 Å². The number of carbonyl (C=O) groups is 1. The molecule has 0 saturated carbocycles. The molecule has 130 valence electrons. The number of benzene rings is 2. The first-order chi connectivity index (χ1) is 12.0. The number of fused-ring (bicyclic) bond motifs is 1. The van der Waals surface area contributed by atoms with Crippen molar-refractivity contribution >= 4 is 16.8 Å². The number of likely N-dealkylation sites (N-methyl/N-ethyl adjacent to an activating group) is 1. The van der Waals surface area contributed by atoms with E-state index < -0.39 is 11.6 Å². The van der Waals surface area contributed by atoms with Crippen molar-refractivity contribution in [1.82, 2.24) is 20.4 Å². The van der Waals surface area contributed by atoms with Crippen molar-refractivity contribution in [3.8, 4) is 11.1 Å². The second kappa shape index (κ2) is 6.98. The van der Waals surface area contributed by atoms with Gasteiger partial charge in [0.1, 0.15) is 0 Å². The number of hydrogen-bond acceptors (Lipinski definition) is 3. The summed E-state index contributed by atoms with van der Waals surface area (Å²) in [7, 11) is 3.83. The zero-order chi connectivity index (χ0) is 18.0. The minimum absolute atomic E-state index is 0.141. The van der Waals surface area contributed by atoms with Crippen LogP contribution in [0.2, 0.25) is 0 Å². The number of hydrogen-bond donors (Lipinski definition) is 2. The summed E-state index contributed by atoms with van der Waals surface area (Å²) in [6, 6.07) is 9.00. The first-order valence-electron chi connectivity index (χ1n) is 7.83. The van der Waals surface area contributed by atoms with Crippen molar-refractivity contribution in [3.63, 3.8) is 0 Å². The van der Waals surface area contributed by atoms with Gasteiger partial charge in [-0.3, -0.25) is 9.89 Å². The number of carbonyl (C=O) groups excluding carboxylic acids is 1. The fraction of sp³-hybridized carbons (Fsp3) is 0.222. The maximum atomic E-state index is 14.0. The Hall–Kier alpha value is -2.80. The van der Waals surface area contributed by atoms with Gasteiger partial charge in [0.15, 0.2) is 17.3 Å². The average Bonchev–Trinajstić information content (AvgIpc) is 3.00. The zero-order valence-electron chi connectivity index (χ0n) is 13.9. The zero-order valence-corrected chi connectivity index (χ0v) is 13.9. The SMILES string of the molecule is CN(C)CCNC(=O)c1n[nH]c2ccc(-c3cccc(F)c3F)cc12. The molecule has 3 aromatic rings. The number of rotatable bonds is 5. The van der Waals surface area contributed by atoms with Crippen molar-refractivity contribution in [2.45, 2.75) is 0 Å². The molecule has 2 aromatic carbocycles. The standard InChI is InChI=1S/C18H18F2N4O/c1-24(2)9-8-21-18(25)17-13-10-11(6-7-15(13)22-23-17)12-4-3-5-14(19)16(12)20/h3-7,10H,8-9H2,1-2H3,(H,21,25)(H,22,23). The minimum Gasteiger partial charge on any atom is -0.349 e. The van der Waals surface area contributed by atoms with Gasteiger partial charge in [-0.15, -0.1) is 0 Å². The normalized spacial score (nSPS) is 11.2. The largest absolute Gasteiger partial charge is 0.349 e. The molecule has 0 spiro atoms. The van der Waals surface area contributed by atoms with E-state index in [-0.39, 0.29) is 17.2 Å². The monoisotopic (exact) mass is 344 g/mol. The third kappa shape index (κ3) is 3.51. The highest BCUT2D eigenvalue weighted by atomic mass is 19.2. The Morgan fingerprint density at radius 2 is 2.04 bits per heavy atom. The molecule has 0 unspecified atom stereocenters. The Morgan fingerprint density at radius 3 is 2.80 bits per heavy atom. The summed E-state index contributed by atoms with van der Waals surface area (Å²) in [6.07, 6.45) is 0. The number of aromatic nitrogens is 2. The van der Waals surface area contributed by atoms with Crippen LogP contribution in [0.25, 0.3) is 22.0 Å². The first kappa shape index (κ1) is 17.0.